The monoisotopic (exact) mass is 409 g/mol. The molecule has 7 heteroatoms. The highest BCUT2D eigenvalue weighted by molar-refractivity contribution is 5.96. The van der Waals surface area contributed by atoms with Crippen LogP contribution in [-0.2, 0) is 9.53 Å². The van der Waals surface area contributed by atoms with Crippen molar-refractivity contribution in [3.8, 4) is 0 Å². The van der Waals surface area contributed by atoms with E-state index < -0.39 is 0 Å². The molecule has 4 N–H and O–H groups in total. The number of amides is 2. The topological polar surface area (TPSA) is 93.5 Å². The number of ether oxygens (including phenoxy) is 1. The lowest BCUT2D eigenvalue weighted by molar-refractivity contribution is -0.118. The normalized spacial score (nSPS) is 19.3. The molecule has 3 rings (SSSR count). The summed E-state index contributed by atoms with van der Waals surface area (Å²) in [6, 6.07) is 7.25. The van der Waals surface area contributed by atoms with Crippen LogP contribution in [0.5, 0.6) is 0 Å². The fourth-order valence-electron chi connectivity index (χ4n) is 4.12. The Bertz CT molecular complexity index is 639. The highest BCUT2D eigenvalue weighted by Crippen LogP contribution is 2.38. The Labute approximate surface area is 173 Å². The quantitative estimate of drug-likeness (QED) is 0.672. The summed E-state index contributed by atoms with van der Waals surface area (Å²) < 4.78 is 5.31. The molecular formula is C21H32ClN3O3. The van der Waals surface area contributed by atoms with Crippen molar-refractivity contribution in [1.82, 2.24) is 5.32 Å². The maximum absolute atomic E-state index is 12.5. The van der Waals surface area contributed by atoms with Crippen molar-refractivity contribution in [2.45, 2.75) is 57.4 Å². The third kappa shape index (κ3) is 6.19. The van der Waals surface area contributed by atoms with Crippen molar-refractivity contribution in [1.29, 1.82) is 0 Å². The van der Waals surface area contributed by atoms with Gasteiger partial charge < -0.3 is 21.1 Å². The molecule has 1 aliphatic carbocycles. The SMILES string of the molecule is Cl.NCC1(CC(=O)Nc2ccc(C(=O)NC3CCOCC3)cc2)CCCCC1. The van der Waals surface area contributed by atoms with Gasteiger partial charge in [0, 0.05) is 36.9 Å². The van der Waals surface area contributed by atoms with Gasteiger partial charge in [-0.3, -0.25) is 9.59 Å². The second-order valence-electron chi connectivity index (χ2n) is 7.93. The van der Waals surface area contributed by atoms with Gasteiger partial charge in [0.2, 0.25) is 5.91 Å². The predicted octanol–water partition coefficient (Wildman–Crippen LogP) is 3.26. The molecular weight excluding hydrogens is 378 g/mol. The summed E-state index contributed by atoms with van der Waals surface area (Å²) in [5.74, 6) is -0.0779. The molecule has 0 atom stereocenters. The molecule has 6 nitrogen and oxygen atoms in total. The Morgan fingerprint density at radius 2 is 1.71 bits per heavy atom. The minimum atomic E-state index is -0.0796. The molecule has 1 aromatic rings. The zero-order valence-corrected chi connectivity index (χ0v) is 17.2. The molecule has 1 aromatic carbocycles. The Hall–Kier alpha value is -1.63. The van der Waals surface area contributed by atoms with Gasteiger partial charge in [0.1, 0.15) is 0 Å². The number of hydrogen-bond donors (Lipinski definition) is 3. The fraction of sp³-hybridized carbons (Fsp3) is 0.619. The van der Waals surface area contributed by atoms with Crippen molar-refractivity contribution in [3.05, 3.63) is 29.8 Å². The third-order valence-corrected chi connectivity index (χ3v) is 5.87. The number of nitrogens with two attached hydrogens (primary N) is 1. The molecule has 1 saturated carbocycles. The number of hydrogen-bond acceptors (Lipinski definition) is 4. The van der Waals surface area contributed by atoms with E-state index in [4.69, 9.17) is 10.5 Å². The molecule has 0 radical (unpaired) electrons. The van der Waals surface area contributed by atoms with Gasteiger partial charge in [-0.2, -0.15) is 0 Å². The summed E-state index contributed by atoms with van der Waals surface area (Å²) in [5.41, 5.74) is 7.24. The summed E-state index contributed by atoms with van der Waals surface area (Å²) in [4.78, 5) is 24.8. The summed E-state index contributed by atoms with van der Waals surface area (Å²) >= 11 is 0. The lowest BCUT2D eigenvalue weighted by Gasteiger charge is -2.35. The van der Waals surface area contributed by atoms with Crippen LogP contribution in [-0.4, -0.2) is 37.6 Å². The molecule has 1 heterocycles. The van der Waals surface area contributed by atoms with Crippen molar-refractivity contribution < 1.29 is 14.3 Å². The van der Waals surface area contributed by atoms with Crippen LogP contribution in [0.3, 0.4) is 0 Å². The second-order valence-corrected chi connectivity index (χ2v) is 7.93. The molecule has 0 aromatic heterocycles. The number of benzene rings is 1. The first kappa shape index (κ1) is 22.7. The Morgan fingerprint density at radius 1 is 1.07 bits per heavy atom. The molecule has 2 aliphatic rings. The zero-order valence-electron chi connectivity index (χ0n) is 16.4. The van der Waals surface area contributed by atoms with Crippen LogP contribution < -0.4 is 16.4 Å². The Kier molecular flexibility index (Phi) is 8.73. The van der Waals surface area contributed by atoms with Crippen molar-refractivity contribution >= 4 is 29.9 Å². The van der Waals surface area contributed by atoms with E-state index >= 15 is 0 Å². The van der Waals surface area contributed by atoms with Crippen LogP contribution in [0.15, 0.2) is 24.3 Å². The van der Waals surface area contributed by atoms with Crippen molar-refractivity contribution in [3.63, 3.8) is 0 Å². The van der Waals surface area contributed by atoms with E-state index in [-0.39, 0.29) is 35.7 Å². The maximum Gasteiger partial charge on any atom is 0.251 e. The largest absolute Gasteiger partial charge is 0.381 e. The van der Waals surface area contributed by atoms with Gasteiger partial charge in [-0.1, -0.05) is 19.3 Å². The van der Waals surface area contributed by atoms with E-state index in [0.29, 0.717) is 37.4 Å². The molecule has 0 spiro atoms. The van der Waals surface area contributed by atoms with Gasteiger partial charge in [0.05, 0.1) is 0 Å². The van der Waals surface area contributed by atoms with Gasteiger partial charge in [-0.05, 0) is 61.9 Å². The van der Waals surface area contributed by atoms with Gasteiger partial charge in [-0.15, -0.1) is 12.4 Å². The van der Waals surface area contributed by atoms with E-state index in [1.165, 1.54) is 6.42 Å². The van der Waals surface area contributed by atoms with Crippen molar-refractivity contribution in [2.24, 2.45) is 11.1 Å². The average Bonchev–Trinajstić information content (AvgIpc) is 2.70. The first-order valence-electron chi connectivity index (χ1n) is 10.1. The molecule has 156 valence electrons. The Morgan fingerprint density at radius 3 is 2.32 bits per heavy atom. The summed E-state index contributed by atoms with van der Waals surface area (Å²) in [7, 11) is 0. The molecule has 28 heavy (non-hydrogen) atoms. The first-order valence-corrected chi connectivity index (χ1v) is 10.1. The average molecular weight is 410 g/mol. The second kappa shape index (κ2) is 10.8. The highest BCUT2D eigenvalue weighted by atomic mass is 35.5. The number of rotatable bonds is 6. The lowest BCUT2D eigenvalue weighted by Crippen LogP contribution is -2.38. The standard InChI is InChI=1S/C21H31N3O3.ClH/c22-15-21(10-2-1-3-11-21)14-19(25)23-17-6-4-16(5-7-17)20(26)24-18-8-12-27-13-9-18;/h4-7,18H,1-3,8-15,22H2,(H,23,25)(H,24,26);1H. The predicted molar refractivity (Wildman–Crippen MR) is 113 cm³/mol. The van der Waals surface area contributed by atoms with Crippen LogP contribution in [0, 0.1) is 5.41 Å². The van der Waals surface area contributed by atoms with Gasteiger partial charge in [0.15, 0.2) is 0 Å². The molecule has 1 saturated heterocycles. The zero-order chi connectivity index (χ0) is 19.1. The smallest absolute Gasteiger partial charge is 0.251 e. The minimum Gasteiger partial charge on any atom is -0.381 e. The number of carbonyl (C=O) groups is 2. The summed E-state index contributed by atoms with van der Waals surface area (Å²) in [5, 5.41) is 6.00. The van der Waals surface area contributed by atoms with E-state index in [0.717, 1.165) is 38.5 Å². The van der Waals surface area contributed by atoms with E-state index in [9.17, 15) is 9.59 Å². The maximum atomic E-state index is 12.5. The summed E-state index contributed by atoms with van der Waals surface area (Å²) in [6.07, 6.45) is 7.77. The third-order valence-electron chi connectivity index (χ3n) is 5.87. The molecule has 2 amide bonds. The van der Waals surface area contributed by atoms with Crippen LogP contribution in [0.25, 0.3) is 0 Å². The van der Waals surface area contributed by atoms with E-state index in [1.54, 1.807) is 24.3 Å². The number of halogens is 1. The Balaban J connectivity index is 0.00000280. The van der Waals surface area contributed by atoms with Gasteiger partial charge in [0.25, 0.3) is 5.91 Å². The van der Waals surface area contributed by atoms with Gasteiger partial charge in [-0.25, -0.2) is 0 Å². The molecule has 1 aliphatic heterocycles. The van der Waals surface area contributed by atoms with Crippen molar-refractivity contribution in [2.75, 3.05) is 25.1 Å². The van der Waals surface area contributed by atoms with E-state index in [2.05, 4.69) is 10.6 Å². The lowest BCUT2D eigenvalue weighted by atomic mass is 9.71. The van der Waals surface area contributed by atoms with Crippen LogP contribution in [0.1, 0.15) is 61.7 Å². The van der Waals surface area contributed by atoms with Crippen LogP contribution in [0.4, 0.5) is 5.69 Å². The highest BCUT2D eigenvalue weighted by Gasteiger charge is 2.32. The van der Waals surface area contributed by atoms with Crippen LogP contribution >= 0.6 is 12.4 Å². The van der Waals surface area contributed by atoms with Gasteiger partial charge >= 0.3 is 0 Å². The molecule has 0 unspecified atom stereocenters. The molecule has 2 fully saturated rings. The number of anilines is 1. The number of nitrogens with one attached hydrogen (secondary N) is 2. The summed E-state index contributed by atoms with van der Waals surface area (Å²) in [6.45, 7) is 1.95. The first-order chi connectivity index (χ1) is 13.1. The molecule has 0 bridgehead atoms. The fourth-order valence-corrected chi connectivity index (χ4v) is 4.12. The number of carbonyl (C=O) groups excluding carboxylic acids is 2. The van der Waals surface area contributed by atoms with Crippen LogP contribution in [0.2, 0.25) is 0 Å². The van der Waals surface area contributed by atoms with E-state index in [1.807, 2.05) is 0 Å². The minimum absolute atomic E-state index is 0.